The third-order valence-corrected chi connectivity index (χ3v) is 6.43. The maximum absolute atomic E-state index is 13.3. The van der Waals surface area contributed by atoms with Crippen LogP contribution in [0.4, 0.5) is 0 Å². The molecule has 0 unspecified atom stereocenters. The number of para-hydroxylation sites is 1. The van der Waals surface area contributed by atoms with Crippen molar-refractivity contribution in [1.29, 1.82) is 0 Å². The van der Waals surface area contributed by atoms with E-state index in [-0.39, 0.29) is 5.56 Å². The third-order valence-electron chi connectivity index (χ3n) is 5.47. The Kier molecular flexibility index (Phi) is 5.79. The zero-order valence-electron chi connectivity index (χ0n) is 18.4. The summed E-state index contributed by atoms with van der Waals surface area (Å²) in [5.41, 5.74) is 4.86. The van der Waals surface area contributed by atoms with Crippen LogP contribution in [0.3, 0.4) is 0 Å². The molecular formula is C26H22N4O2S. The molecule has 0 aliphatic heterocycles. The summed E-state index contributed by atoms with van der Waals surface area (Å²) in [5, 5.41) is 5.36. The summed E-state index contributed by atoms with van der Waals surface area (Å²) >= 11 is 1.42. The minimum Gasteiger partial charge on any atom is -0.338 e. The molecular weight excluding hydrogens is 432 g/mol. The van der Waals surface area contributed by atoms with Crippen LogP contribution in [0.1, 0.15) is 22.6 Å². The van der Waals surface area contributed by atoms with Gasteiger partial charge in [0.15, 0.2) is 5.16 Å². The van der Waals surface area contributed by atoms with E-state index in [4.69, 9.17) is 9.51 Å². The fraction of sp³-hybridized carbons (Fsp3) is 0.154. The Morgan fingerprint density at radius 2 is 1.67 bits per heavy atom. The lowest BCUT2D eigenvalue weighted by Crippen LogP contribution is -2.24. The van der Waals surface area contributed by atoms with Crippen molar-refractivity contribution in [1.82, 2.24) is 19.7 Å². The summed E-state index contributed by atoms with van der Waals surface area (Å²) in [6.45, 7) is 4.50. The molecule has 164 valence electrons. The van der Waals surface area contributed by atoms with Gasteiger partial charge in [-0.25, -0.2) is 4.98 Å². The van der Waals surface area contributed by atoms with Crippen molar-refractivity contribution in [3.8, 4) is 11.4 Å². The van der Waals surface area contributed by atoms with Crippen LogP contribution < -0.4 is 5.56 Å². The van der Waals surface area contributed by atoms with Crippen LogP contribution in [-0.2, 0) is 12.3 Å². The molecule has 2 heterocycles. The monoisotopic (exact) mass is 454 g/mol. The van der Waals surface area contributed by atoms with Gasteiger partial charge < -0.3 is 4.52 Å². The van der Waals surface area contributed by atoms with Crippen molar-refractivity contribution >= 4 is 22.7 Å². The van der Waals surface area contributed by atoms with Gasteiger partial charge in [-0.2, -0.15) is 4.98 Å². The van der Waals surface area contributed by atoms with Crippen molar-refractivity contribution < 1.29 is 4.52 Å². The first kappa shape index (κ1) is 21.2. The average molecular weight is 455 g/mol. The Morgan fingerprint density at radius 1 is 0.909 bits per heavy atom. The Bertz CT molecular complexity index is 1490. The topological polar surface area (TPSA) is 73.8 Å². The van der Waals surface area contributed by atoms with Crippen molar-refractivity contribution in [2.45, 2.75) is 31.3 Å². The number of fused-ring (bicyclic) bond motifs is 1. The largest absolute Gasteiger partial charge is 0.338 e. The fourth-order valence-corrected chi connectivity index (χ4v) is 4.48. The van der Waals surface area contributed by atoms with Gasteiger partial charge in [-0.15, -0.1) is 0 Å². The van der Waals surface area contributed by atoms with Gasteiger partial charge in [-0.1, -0.05) is 83.1 Å². The molecule has 6 nitrogen and oxygen atoms in total. The van der Waals surface area contributed by atoms with E-state index in [2.05, 4.69) is 10.1 Å². The molecule has 0 saturated heterocycles. The first-order chi connectivity index (χ1) is 16.1. The lowest BCUT2D eigenvalue weighted by atomic mass is 10.1. The molecule has 0 N–H and O–H groups in total. The number of aryl methyl sites for hydroxylation is 2. The highest BCUT2D eigenvalue weighted by atomic mass is 32.2. The average Bonchev–Trinajstić information content (AvgIpc) is 3.30. The van der Waals surface area contributed by atoms with Gasteiger partial charge in [0.05, 0.1) is 23.2 Å². The van der Waals surface area contributed by atoms with Gasteiger partial charge in [-0.05, 0) is 37.1 Å². The molecule has 0 aliphatic carbocycles. The molecule has 0 bridgehead atoms. The molecule has 7 heteroatoms. The first-order valence-electron chi connectivity index (χ1n) is 10.6. The lowest BCUT2D eigenvalue weighted by Gasteiger charge is -2.13. The molecule has 0 radical (unpaired) electrons. The fourth-order valence-electron chi connectivity index (χ4n) is 3.65. The first-order valence-corrected chi connectivity index (χ1v) is 11.6. The molecule has 0 atom stereocenters. The summed E-state index contributed by atoms with van der Waals surface area (Å²) in [4.78, 5) is 22.6. The zero-order valence-corrected chi connectivity index (χ0v) is 19.2. The number of nitrogens with zero attached hydrogens (tertiary/aromatic N) is 4. The maximum Gasteiger partial charge on any atom is 0.262 e. The minimum atomic E-state index is -0.0604. The summed E-state index contributed by atoms with van der Waals surface area (Å²) in [6, 6.07) is 23.5. The second-order valence-corrected chi connectivity index (χ2v) is 8.85. The SMILES string of the molecule is Cc1ccc(Cn2c(SCc3nc(-c4ccccc4C)no3)nc3ccccc3c2=O)cc1. The zero-order chi connectivity index (χ0) is 22.8. The molecule has 33 heavy (non-hydrogen) atoms. The van der Waals surface area contributed by atoms with Crippen molar-refractivity contribution in [2.75, 3.05) is 0 Å². The van der Waals surface area contributed by atoms with Crippen LogP contribution >= 0.6 is 11.8 Å². The number of aromatic nitrogens is 4. The Hall–Kier alpha value is -3.71. The van der Waals surface area contributed by atoms with E-state index < -0.39 is 0 Å². The number of hydrogen-bond acceptors (Lipinski definition) is 6. The van der Waals surface area contributed by atoms with Gasteiger partial charge in [0.25, 0.3) is 5.56 Å². The quantitative estimate of drug-likeness (QED) is 0.252. The molecule has 0 aliphatic rings. The van der Waals surface area contributed by atoms with Gasteiger partial charge in [-0.3, -0.25) is 9.36 Å². The second-order valence-electron chi connectivity index (χ2n) is 7.90. The van der Waals surface area contributed by atoms with E-state index in [0.717, 1.165) is 16.7 Å². The van der Waals surface area contributed by atoms with Gasteiger partial charge >= 0.3 is 0 Å². The standard InChI is InChI=1S/C26H22N4O2S/c1-17-11-13-19(14-12-17)15-30-25(31)21-9-5-6-10-22(21)27-26(30)33-16-23-28-24(29-32-23)20-8-4-3-7-18(20)2/h3-14H,15-16H2,1-2H3. The molecule has 0 fully saturated rings. The second kappa shape index (κ2) is 9.03. The summed E-state index contributed by atoms with van der Waals surface area (Å²) in [7, 11) is 0. The normalized spacial score (nSPS) is 11.2. The van der Waals surface area contributed by atoms with E-state index >= 15 is 0 Å². The number of hydrogen-bond donors (Lipinski definition) is 0. The highest BCUT2D eigenvalue weighted by molar-refractivity contribution is 7.98. The summed E-state index contributed by atoms with van der Waals surface area (Å²) in [5.74, 6) is 1.46. The highest BCUT2D eigenvalue weighted by Crippen LogP contribution is 2.25. The van der Waals surface area contributed by atoms with Crippen LogP contribution in [-0.4, -0.2) is 19.7 Å². The van der Waals surface area contributed by atoms with E-state index in [0.29, 0.717) is 40.1 Å². The Morgan fingerprint density at radius 3 is 2.48 bits per heavy atom. The Labute approximate surface area is 195 Å². The minimum absolute atomic E-state index is 0.0604. The summed E-state index contributed by atoms with van der Waals surface area (Å²) in [6.07, 6.45) is 0. The molecule has 5 aromatic rings. The van der Waals surface area contributed by atoms with Crippen LogP contribution in [0, 0.1) is 13.8 Å². The third kappa shape index (κ3) is 4.45. The number of benzene rings is 3. The molecule has 0 amide bonds. The molecule has 5 rings (SSSR count). The van der Waals surface area contributed by atoms with Crippen LogP contribution in [0.2, 0.25) is 0 Å². The molecule has 0 saturated carbocycles. The maximum atomic E-state index is 13.3. The molecule has 0 spiro atoms. The number of rotatable bonds is 6. The molecule has 2 aromatic heterocycles. The number of thioether (sulfide) groups is 1. The van der Waals surface area contributed by atoms with Crippen molar-refractivity contribution in [3.05, 3.63) is 106 Å². The van der Waals surface area contributed by atoms with Gasteiger partial charge in [0, 0.05) is 5.56 Å². The summed E-state index contributed by atoms with van der Waals surface area (Å²) < 4.78 is 7.21. The highest BCUT2D eigenvalue weighted by Gasteiger charge is 2.15. The van der Waals surface area contributed by atoms with Gasteiger partial charge in [0.1, 0.15) is 0 Å². The Balaban J connectivity index is 1.46. The smallest absolute Gasteiger partial charge is 0.262 e. The lowest BCUT2D eigenvalue weighted by molar-refractivity contribution is 0.391. The molecule has 3 aromatic carbocycles. The van der Waals surface area contributed by atoms with Crippen LogP contribution in [0.25, 0.3) is 22.3 Å². The van der Waals surface area contributed by atoms with E-state index in [1.807, 2.05) is 86.6 Å². The van der Waals surface area contributed by atoms with Crippen molar-refractivity contribution in [2.24, 2.45) is 0 Å². The van der Waals surface area contributed by atoms with Crippen molar-refractivity contribution in [3.63, 3.8) is 0 Å². The predicted molar refractivity (Wildman–Crippen MR) is 130 cm³/mol. The van der Waals surface area contributed by atoms with E-state index in [1.165, 1.54) is 17.3 Å². The van der Waals surface area contributed by atoms with Crippen LogP contribution in [0.15, 0.2) is 87.3 Å². The van der Waals surface area contributed by atoms with E-state index in [9.17, 15) is 4.79 Å². The van der Waals surface area contributed by atoms with Gasteiger partial charge in [0.2, 0.25) is 11.7 Å². The van der Waals surface area contributed by atoms with E-state index in [1.54, 1.807) is 4.57 Å². The predicted octanol–water partition coefficient (Wildman–Crippen LogP) is 5.40. The van der Waals surface area contributed by atoms with Crippen LogP contribution in [0.5, 0.6) is 0 Å².